The first-order valence-corrected chi connectivity index (χ1v) is 8.10. The highest BCUT2D eigenvalue weighted by molar-refractivity contribution is 7.80. The fourth-order valence-corrected chi connectivity index (χ4v) is 2.44. The second kappa shape index (κ2) is 8.60. The molecule has 2 aromatic rings. The van der Waals surface area contributed by atoms with Crippen LogP contribution in [-0.4, -0.2) is 37.2 Å². The van der Waals surface area contributed by atoms with Crippen LogP contribution in [0.4, 0.5) is 10.1 Å². The van der Waals surface area contributed by atoms with Crippen LogP contribution in [-0.2, 0) is 6.54 Å². The van der Waals surface area contributed by atoms with Gasteiger partial charge in [0.25, 0.3) is 0 Å². The lowest BCUT2D eigenvalue weighted by atomic mass is 10.2. The zero-order valence-electron chi connectivity index (χ0n) is 13.6. The average Bonchev–Trinajstić information content (AvgIpc) is 2.54. The van der Waals surface area contributed by atoms with Gasteiger partial charge in [-0.15, -0.1) is 0 Å². The highest BCUT2D eigenvalue weighted by Crippen LogP contribution is 2.14. The Balaban J connectivity index is 2.09. The maximum absolute atomic E-state index is 13.8. The largest absolute Gasteiger partial charge is 0.339 e. The molecule has 122 valence electrons. The number of halogens is 1. The molecule has 0 unspecified atom stereocenters. The molecular formula is C18H23FN3S+. The molecular weight excluding hydrogens is 309 g/mol. The van der Waals surface area contributed by atoms with Gasteiger partial charge in [0.2, 0.25) is 0 Å². The molecule has 0 saturated carbocycles. The second-order valence-corrected chi connectivity index (χ2v) is 6.16. The number of hydrogen-bond acceptors (Lipinski definition) is 1. The van der Waals surface area contributed by atoms with E-state index in [1.807, 2.05) is 18.2 Å². The van der Waals surface area contributed by atoms with Gasteiger partial charge in [-0.25, -0.2) is 4.39 Å². The van der Waals surface area contributed by atoms with E-state index in [4.69, 9.17) is 12.2 Å². The summed E-state index contributed by atoms with van der Waals surface area (Å²) in [5.74, 6) is -0.298. The van der Waals surface area contributed by atoms with Crippen LogP contribution in [0.3, 0.4) is 0 Å². The number of likely N-dealkylation sites (N-methyl/N-ethyl adjacent to an activating group) is 1. The van der Waals surface area contributed by atoms with Crippen LogP contribution < -0.4 is 10.2 Å². The molecule has 0 saturated heterocycles. The second-order valence-electron chi connectivity index (χ2n) is 5.77. The molecule has 2 aromatic carbocycles. The van der Waals surface area contributed by atoms with E-state index in [1.54, 1.807) is 18.2 Å². The number of benzene rings is 2. The van der Waals surface area contributed by atoms with E-state index in [2.05, 4.69) is 36.4 Å². The van der Waals surface area contributed by atoms with Gasteiger partial charge in [-0.05, 0) is 29.9 Å². The first-order valence-electron chi connectivity index (χ1n) is 7.69. The van der Waals surface area contributed by atoms with Crippen LogP contribution in [0.25, 0.3) is 0 Å². The summed E-state index contributed by atoms with van der Waals surface area (Å²) in [6, 6.07) is 16.7. The summed E-state index contributed by atoms with van der Waals surface area (Å²) in [6.07, 6.45) is 0. The molecule has 0 heterocycles. The fraction of sp³-hybridized carbons (Fsp3) is 0.278. The zero-order chi connectivity index (χ0) is 16.7. The van der Waals surface area contributed by atoms with Crippen LogP contribution >= 0.6 is 12.2 Å². The van der Waals surface area contributed by atoms with E-state index < -0.39 is 0 Å². The molecule has 0 aliphatic heterocycles. The van der Waals surface area contributed by atoms with E-state index in [1.165, 1.54) is 16.5 Å². The summed E-state index contributed by atoms with van der Waals surface area (Å²) in [6.45, 7) is 2.46. The SMILES string of the molecule is C[NH+](C)CCN(Cc1ccccc1)C(=S)Nc1ccccc1F. The molecule has 0 atom stereocenters. The maximum atomic E-state index is 13.8. The summed E-state index contributed by atoms with van der Waals surface area (Å²) in [7, 11) is 4.21. The highest BCUT2D eigenvalue weighted by atomic mass is 32.1. The van der Waals surface area contributed by atoms with Crippen LogP contribution in [0.5, 0.6) is 0 Å². The zero-order valence-corrected chi connectivity index (χ0v) is 14.4. The Morgan fingerprint density at radius 2 is 1.74 bits per heavy atom. The van der Waals surface area contributed by atoms with Gasteiger partial charge in [-0.2, -0.15) is 0 Å². The van der Waals surface area contributed by atoms with Gasteiger partial charge in [0.15, 0.2) is 5.11 Å². The third kappa shape index (κ3) is 5.62. The van der Waals surface area contributed by atoms with Crippen LogP contribution in [0.1, 0.15) is 5.56 Å². The van der Waals surface area contributed by atoms with Gasteiger partial charge in [0.1, 0.15) is 5.82 Å². The molecule has 0 aromatic heterocycles. The molecule has 3 nitrogen and oxygen atoms in total. The minimum atomic E-state index is -0.298. The fourth-order valence-electron chi connectivity index (χ4n) is 2.17. The molecule has 0 aliphatic rings. The lowest BCUT2D eigenvalue weighted by molar-refractivity contribution is -0.857. The number of hydrogen-bond donors (Lipinski definition) is 2. The molecule has 2 N–H and O–H groups in total. The molecule has 5 heteroatoms. The van der Waals surface area contributed by atoms with Gasteiger partial charge in [-0.3, -0.25) is 0 Å². The van der Waals surface area contributed by atoms with Crippen molar-refractivity contribution >= 4 is 23.0 Å². The summed E-state index contributed by atoms with van der Waals surface area (Å²) in [4.78, 5) is 3.42. The molecule has 0 amide bonds. The van der Waals surface area contributed by atoms with Gasteiger partial charge >= 0.3 is 0 Å². The van der Waals surface area contributed by atoms with Gasteiger partial charge < -0.3 is 15.1 Å². The Morgan fingerprint density at radius 3 is 2.39 bits per heavy atom. The predicted octanol–water partition coefficient (Wildman–Crippen LogP) is 2.17. The Hall–Kier alpha value is -1.98. The summed E-state index contributed by atoms with van der Waals surface area (Å²) in [5.41, 5.74) is 1.59. The van der Waals surface area contributed by atoms with E-state index in [0.717, 1.165) is 13.1 Å². The summed E-state index contributed by atoms with van der Waals surface area (Å²) in [5, 5.41) is 3.57. The van der Waals surface area contributed by atoms with E-state index in [0.29, 0.717) is 17.3 Å². The number of rotatable bonds is 6. The molecule has 2 rings (SSSR count). The third-order valence-corrected chi connectivity index (χ3v) is 3.86. The number of anilines is 1. The number of thiocarbonyl (C=S) groups is 1. The van der Waals surface area contributed by atoms with Crippen molar-refractivity contribution in [3.8, 4) is 0 Å². The van der Waals surface area contributed by atoms with Crippen molar-refractivity contribution in [2.75, 3.05) is 32.5 Å². The Bertz CT molecular complexity index is 631. The average molecular weight is 332 g/mol. The van der Waals surface area contributed by atoms with Crippen molar-refractivity contribution in [2.45, 2.75) is 6.54 Å². The number of nitrogens with zero attached hydrogens (tertiary/aromatic N) is 1. The molecule has 0 radical (unpaired) electrons. The maximum Gasteiger partial charge on any atom is 0.174 e. The van der Waals surface area contributed by atoms with E-state index in [9.17, 15) is 4.39 Å². The van der Waals surface area contributed by atoms with Crippen LogP contribution in [0.2, 0.25) is 0 Å². The number of quaternary nitrogens is 1. The Morgan fingerprint density at radius 1 is 1.09 bits per heavy atom. The third-order valence-electron chi connectivity index (χ3n) is 3.50. The van der Waals surface area contributed by atoms with Gasteiger partial charge in [0, 0.05) is 6.54 Å². The smallest absolute Gasteiger partial charge is 0.174 e. The standard InChI is InChI=1S/C18H22FN3S/c1-21(2)12-13-22(14-15-8-4-3-5-9-15)18(23)20-17-11-7-6-10-16(17)19/h3-11H,12-14H2,1-2H3,(H,20,23)/p+1. The molecule has 0 spiro atoms. The molecule has 23 heavy (non-hydrogen) atoms. The van der Waals surface area contributed by atoms with Gasteiger partial charge in [-0.1, -0.05) is 42.5 Å². The van der Waals surface area contributed by atoms with E-state index in [-0.39, 0.29) is 5.82 Å². The Kier molecular flexibility index (Phi) is 6.50. The van der Waals surface area contributed by atoms with Gasteiger partial charge in [0.05, 0.1) is 32.9 Å². The first-order chi connectivity index (χ1) is 11.1. The quantitative estimate of drug-likeness (QED) is 0.791. The summed E-state index contributed by atoms with van der Waals surface area (Å²) < 4.78 is 13.8. The summed E-state index contributed by atoms with van der Waals surface area (Å²) >= 11 is 5.51. The molecule has 0 bridgehead atoms. The Labute approximate surface area is 142 Å². The minimum absolute atomic E-state index is 0.298. The lowest BCUT2D eigenvalue weighted by Crippen LogP contribution is -3.06. The number of nitrogens with one attached hydrogen (secondary N) is 2. The normalized spacial score (nSPS) is 10.6. The van der Waals surface area contributed by atoms with Crippen molar-refractivity contribution in [2.24, 2.45) is 0 Å². The van der Waals surface area contributed by atoms with Crippen molar-refractivity contribution in [3.05, 3.63) is 66.0 Å². The first kappa shape index (κ1) is 17.4. The topological polar surface area (TPSA) is 19.7 Å². The van der Waals surface area contributed by atoms with Crippen molar-refractivity contribution in [3.63, 3.8) is 0 Å². The van der Waals surface area contributed by atoms with E-state index >= 15 is 0 Å². The van der Waals surface area contributed by atoms with Crippen LogP contribution in [0, 0.1) is 5.82 Å². The van der Waals surface area contributed by atoms with Crippen LogP contribution in [0.15, 0.2) is 54.6 Å². The minimum Gasteiger partial charge on any atom is -0.339 e. The number of para-hydroxylation sites is 1. The predicted molar refractivity (Wildman–Crippen MR) is 97.2 cm³/mol. The monoisotopic (exact) mass is 332 g/mol. The lowest BCUT2D eigenvalue weighted by Gasteiger charge is -2.26. The van der Waals surface area contributed by atoms with Crippen molar-refractivity contribution in [1.82, 2.24) is 4.90 Å². The van der Waals surface area contributed by atoms with Crippen molar-refractivity contribution < 1.29 is 9.29 Å². The molecule has 0 aliphatic carbocycles. The van der Waals surface area contributed by atoms with Crippen molar-refractivity contribution in [1.29, 1.82) is 0 Å². The highest BCUT2D eigenvalue weighted by Gasteiger charge is 2.13. The molecule has 0 fully saturated rings.